The van der Waals surface area contributed by atoms with Crippen molar-refractivity contribution in [2.24, 2.45) is 0 Å². The van der Waals surface area contributed by atoms with Crippen molar-refractivity contribution in [3.8, 4) is 0 Å². The van der Waals surface area contributed by atoms with Crippen molar-refractivity contribution in [1.29, 1.82) is 0 Å². The summed E-state index contributed by atoms with van der Waals surface area (Å²) in [6.07, 6.45) is -3.43. The van der Waals surface area contributed by atoms with E-state index in [-0.39, 0.29) is 39.6 Å². The zero-order valence-electron chi connectivity index (χ0n) is 20.4. The highest BCUT2D eigenvalue weighted by atomic mass is 32.2. The number of aryl methyl sites for hydroxylation is 2. The van der Waals surface area contributed by atoms with E-state index in [1.54, 1.807) is 26.8 Å². The van der Waals surface area contributed by atoms with Crippen LogP contribution in [0.1, 0.15) is 34.2 Å². The van der Waals surface area contributed by atoms with Crippen molar-refractivity contribution in [1.82, 2.24) is 15.0 Å². The summed E-state index contributed by atoms with van der Waals surface area (Å²) in [5, 5.41) is 3.24. The molecule has 198 valence electrons. The number of carbonyl (C=O) groups is 1. The molecule has 0 fully saturated rings. The number of hydrogen-bond donors (Lipinski definition) is 2. The molecule has 2 aromatic carbocycles. The number of benzene rings is 2. The van der Waals surface area contributed by atoms with Gasteiger partial charge in [-0.3, -0.25) is 4.98 Å². The summed E-state index contributed by atoms with van der Waals surface area (Å²) >= 11 is 0. The second-order valence-electron chi connectivity index (χ2n) is 8.23. The quantitative estimate of drug-likeness (QED) is 0.297. The van der Waals surface area contributed by atoms with Crippen LogP contribution in [-0.2, 0) is 20.9 Å². The molecule has 13 heteroatoms. The van der Waals surface area contributed by atoms with Gasteiger partial charge in [0, 0.05) is 28.7 Å². The van der Waals surface area contributed by atoms with E-state index in [0.29, 0.717) is 17.1 Å². The van der Waals surface area contributed by atoms with Crippen molar-refractivity contribution >= 4 is 44.2 Å². The molecule has 0 aliphatic carbocycles. The number of pyridine rings is 1. The lowest BCUT2D eigenvalue weighted by molar-refractivity contribution is -0.137. The monoisotopic (exact) mass is 545 g/mol. The summed E-state index contributed by atoms with van der Waals surface area (Å²) in [4.78, 5) is 24.6. The van der Waals surface area contributed by atoms with E-state index < -0.39 is 27.7 Å². The van der Waals surface area contributed by atoms with Crippen LogP contribution in [0, 0.1) is 13.8 Å². The van der Waals surface area contributed by atoms with Gasteiger partial charge >= 0.3 is 12.1 Å². The fraction of sp³-hybridized carbons (Fsp3) is 0.200. The molecular weight excluding hydrogens is 523 g/mol. The first-order valence-electron chi connectivity index (χ1n) is 11.3. The van der Waals surface area contributed by atoms with Crippen molar-refractivity contribution < 1.29 is 31.1 Å². The Hall–Kier alpha value is -4.26. The topological polar surface area (TPSA) is 123 Å². The van der Waals surface area contributed by atoms with Crippen LogP contribution in [0.15, 0.2) is 59.6 Å². The van der Waals surface area contributed by atoms with Gasteiger partial charge in [-0.15, -0.1) is 0 Å². The second kappa shape index (κ2) is 10.2. The van der Waals surface area contributed by atoms with Gasteiger partial charge in [-0.25, -0.2) is 27.9 Å². The van der Waals surface area contributed by atoms with Crippen LogP contribution in [-0.4, -0.2) is 35.9 Å². The van der Waals surface area contributed by atoms with Gasteiger partial charge < -0.3 is 10.1 Å². The SMILES string of the molecule is CCOC(=O)c1cnc2cc(C(F)(F)F)ccc2c1Nc1ccc(S(=O)(=O)Nc2nc(C)cc(C)n2)cc1. The highest BCUT2D eigenvalue weighted by molar-refractivity contribution is 7.92. The Morgan fingerprint density at radius 1 is 1.00 bits per heavy atom. The number of esters is 1. The van der Waals surface area contributed by atoms with Gasteiger partial charge in [-0.2, -0.15) is 13.2 Å². The van der Waals surface area contributed by atoms with E-state index in [1.807, 2.05) is 0 Å². The summed E-state index contributed by atoms with van der Waals surface area (Å²) in [5.41, 5.74) is 0.848. The number of alkyl halides is 3. The molecule has 2 aromatic heterocycles. The minimum atomic E-state index is -4.57. The molecule has 38 heavy (non-hydrogen) atoms. The Balaban J connectivity index is 1.68. The molecule has 0 aliphatic rings. The third-order valence-corrected chi connectivity index (χ3v) is 6.68. The van der Waals surface area contributed by atoms with Gasteiger partial charge in [0.25, 0.3) is 10.0 Å². The average Bonchev–Trinajstić information content (AvgIpc) is 2.83. The van der Waals surface area contributed by atoms with Gasteiger partial charge in [-0.1, -0.05) is 6.07 Å². The van der Waals surface area contributed by atoms with Gasteiger partial charge in [0.05, 0.1) is 28.3 Å². The third-order valence-electron chi connectivity index (χ3n) is 5.33. The summed E-state index contributed by atoms with van der Waals surface area (Å²) in [5.74, 6) is -0.786. The number of anilines is 3. The molecule has 0 bridgehead atoms. The predicted octanol–water partition coefficient (Wildman–Crippen LogP) is 5.38. The molecule has 9 nitrogen and oxygen atoms in total. The van der Waals surface area contributed by atoms with E-state index in [9.17, 15) is 26.4 Å². The van der Waals surface area contributed by atoms with E-state index >= 15 is 0 Å². The molecule has 0 saturated heterocycles. The van der Waals surface area contributed by atoms with Gasteiger partial charge in [0.15, 0.2) is 0 Å². The van der Waals surface area contributed by atoms with Crippen LogP contribution in [0.4, 0.5) is 30.5 Å². The average molecular weight is 546 g/mol. The van der Waals surface area contributed by atoms with E-state index in [4.69, 9.17) is 4.74 Å². The number of halogens is 3. The van der Waals surface area contributed by atoms with Crippen molar-refractivity contribution in [2.75, 3.05) is 16.6 Å². The molecule has 4 aromatic rings. The standard InChI is InChI=1S/C25H22F3N5O4S/c1-4-37-23(34)20-13-29-21-12-16(25(26,27)28)5-10-19(21)22(20)32-17-6-8-18(9-7-17)38(35,36)33-24-30-14(2)11-15(3)31-24/h5-13H,4H2,1-3H3,(H,29,32)(H,30,31,33). The van der Waals surface area contributed by atoms with Crippen LogP contribution in [0.3, 0.4) is 0 Å². The number of ether oxygens (including phenoxy) is 1. The number of sulfonamides is 1. The van der Waals surface area contributed by atoms with E-state index in [2.05, 4.69) is 25.0 Å². The lowest BCUT2D eigenvalue weighted by Gasteiger charge is -2.16. The molecular formula is C25H22F3N5O4S. The van der Waals surface area contributed by atoms with Crippen molar-refractivity contribution in [3.05, 3.63) is 77.2 Å². The minimum Gasteiger partial charge on any atom is -0.462 e. The first-order chi connectivity index (χ1) is 17.9. The summed E-state index contributed by atoms with van der Waals surface area (Å²) < 4.78 is 72.7. The molecule has 0 radical (unpaired) electrons. The third kappa shape index (κ3) is 5.83. The maximum Gasteiger partial charge on any atom is 0.416 e. The number of nitrogens with zero attached hydrogens (tertiary/aromatic N) is 3. The maximum atomic E-state index is 13.2. The lowest BCUT2D eigenvalue weighted by atomic mass is 10.1. The summed E-state index contributed by atoms with van der Waals surface area (Å²) in [6.45, 7) is 5.12. The smallest absolute Gasteiger partial charge is 0.416 e. The zero-order valence-corrected chi connectivity index (χ0v) is 21.2. The number of nitrogens with one attached hydrogen (secondary N) is 2. The number of aromatic nitrogens is 3. The Morgan fingerprint density at radius 3 is 2.26 bits per heavy atom. The van der Waals surface area contributed by atoms with Crippen LogP contribution in [0.2, 0.25) is 0 Å². The molecule has 0 spiro atoms. The molecule has 0 saturated carbocycles. The Labute approximate surface area is 216 Å². The fourth-order valence-electron chi connectivity index (χ4n) is 3.68. The highest BCUT2D eigenvalue weighted by Crippen LogP contribution is 2.35. The van der Waals surface area contributed by atoms with Crippen LogP contribution in [0.25, 0.3) is 10.9 Å². The molecule has 2 N–H and O–H groups in total. The lowest BCUT2D eigenvalue weighted by Crippen LogP contribution is -2.15. The van der Waals surface area contributed by atoms with Crippen LogP contribution >= 0.6 is 0 Å². The van der Waals surface area contributed by atoms with Crippen LogP contribution < -0.4 is 10.0 Å². The van der Waals surface area contributed by atoms with Crippen LogP contribution in [0.5, 0.6) is 0 Å². The minimum absolute atomic E-state index is 0.00411. The molecule has 4 rings (SSSR count). The Kier molecular flexibility index (Phi) is 7.22. The first kappa shape index (κ1) is 26.8. The second-order valence-corrected chi connectivity index (χ2v) is 9.91. The first-order valence-corrected chi connectivity index (χ1v) is 12.7. The molecule has 0 atom stereocenters. The predicted molar refractivity (Wildman–Crippen MR) is 135 cm³/mol. The Morgan fingerprint density at radius 2 is 1.66 bits per heavy atom. The normalized spacial score (nSPS) is 11.8. The maximum absolute atomic E-state index is 13.2. The van der Waals surface area contributed by atoms with Gasteiger partial charge in [-0.05, 0) is 63.2 Å². The molecule has 0 amide bonds. The number of fused-ring (bicyclic) bond motifs is 1. The van der Waals surface area contributed by atoms with E-state index in [0.717, 1.165) is 18.3 Å². The summed E-state index contributed by atoms with van der Waals surface area (Å²) in [7, 11) is -4.01. The summed E-state index contributed by atoms with van der Waals surface area (Å²) in [6, 6.07) is 10.2. The largest absolute Gasteiger partial charge is 0.462 e. The van der Waals surface area contributed by atoms with Crippen molar-refractivity contribution in [3.63, 3.8) is 0 Å². The zero-order chi connectivity index (χ0) is 27.7. The van der Waals surface area contributed by atoms with E-state index in [1.165, 1.54) is 30.3 Å². The molecule has 0 aliphatic heterocycles. The molecule has 0 unspecified atom stereocenters. The fourth-order valence-corrected chi connectivity index (χ4v) is 4.62. The number of carbonyl (C=O) groups excluding carboxylic acids is 1. The van der Waals surface area contributed by atoms with Crippen molar-refractivity contribution in [2.45, 2.75) is 31.8 Å². The highest BCUT2D eigenvalue weighted by Gasteiger charge is 2.31. The number of hydrogen-bond acceptors (Lipinski definition) is 8. The molecule has 2 heterocycles. The van der Waals surface area contributed by atoms with Gasteiger partial charge in [0.1, 0.15) is 5.56 Å². The van der Waals surface area contributed by atoms with Gasteiger partial charge in [0.2, 0.25) is 5.95 Å². The number of rotatable bonds is 7. The Bertz CT molecular complexity index is 1600.